The summed E-state index contributed by atoms with van der Waals surface area (Å²) in [5, 5.41) is 10.5. The fourth-order valence-electron chi connectivity index (χ4n) is 2.28. The number of anilines is 3. The number of thiazole rings is 1. The Bertz CT molecular complexity index is 1010. The molecule has 1 aromatic heterocycles. The number of amides is 3. The zero-order chi connectivity index (χ0) is 20.1. The number of nitrogens with one attached hydrogen (secondary N) is 3. The van der Waals surface area contributed by atoms with Crippen LogP contribution >= 0.6 is 22.9 Å². The minimum atomic E-state index is -0.508. The molecule has 1 heterocycles. The number of carbonyl (C=O) groups excluding carboxylic acids is 2. The minimum absolute atomic E-state index is 0.0588. The first-order valence-corrected chi connectivity index (χ1v) is 9.49. The van der Waals surface area contributed by atoms with Gasteiger partial charge in [0.1, 0.15) is 5.82 Å². The average Bonchev–Trinajstić information content (AvgIpc) is 3.06. The predicted octanol–water partition coefficient (Wildman–Crippen LogP) is 5.07. The number of halogens is 2. The molecule has 0 spiro atoms. The van der Waals surface area contributed by atoms with Gasteiger partial charge in [-0.25, -0.2) is 14.2 Å². The maximum Gasteiger partial charge on any atom is 0.325 e. The second-order valence-corrected chi connectivity index (χ2v) is 7.18. The molecule has 0 atom stereocenters. The maximum absolute atomic E-state index is 12.9. The lowest BCUT2D eigenvalue weighted by atomic mass is 10.2. The lowest BCUT2D eigenvalue weighted by Gasteiger charge is -2.06. The summed E-state index contributed by atoms with van der Waals surface area (Å²) in [7, 11) is 0. The minimum Gasteiger partial charge on any atom is -0.326 e. The molecule has 0 saturated carbocycles. The Morgan fingerprint density at radius 1 is 1.07 bits per heavy atom. The molecule has 3 N–H and O–H groups in total. The highest BCUT2D eigenvalue weighted by Gasteiger charge is 2.11. The summed E-state index contributed by atoms with van der Waals surface area (Å²) in [5.41, 5.74) is 2.51. The molecule has 0 saturated heterocycles. The third-order valence-corrected chi connectivity index (χ3v) is 4.89. The quantitative estimate of drug-likeness (QED) is 0.541. The van der Waals surface area contributed by atoms with E-state index < -0.39 is 6.03 Å². The van der Waals surface area contributed by atoms with Gasteiger partial charge in [0.25, 0.3) is 0 Å². The van der Waals surface area contributed by atoms with Gasteiger partial charge in [-0.05, 0) is 48.9 Å². The topological polar surface area (TPSA) is 83.1 Å². The lowest BCUT2D eigenvalue weighted by Crippen LogP contribution is -2.19. The average molecular weight is 419 g/mol. The summed E-state index contributed by atoms with van der Waals surface area (Å²) in [5.74, 6) is -0.630. The summed E-state index contributed by atoms with van der Waals surface area (Å²) in [6.07, 6.45) is 0.0588. The van der Waals surface area contributed by atoms with Crippen LogP contribution in [-0.4, -0.2) is 16.9 Å². The third kappa shape index (κ3) is 5.51. The number of hydrogen-bond donors (Lipinski definition) is 3. The van der Waals surface area contributed by atoms with Gasteiger partial charge in [-0.2, -0.15) is 0 Å². The Kier molecular flexibility index (Phi) is 6.23. The molecule has 0 bridgehead atoms. The van der Waals surface area contributed by atoms with Crippen molar-refractivity contribution in [3.63, 3.8) is 0 Å². The smallest absolute Gasteiger partial charge is 0.325 e. The Morgan fingerprint density at radius 3 is 2.50 bits per heavy atom. The zero-order valence-corrected chi connectivity index (χ0v) is 16.3. The molecule has 0 unspecified atom stereocenters. The van der Waals surface area contributed by atoms with Gasteiger partial charge in [0.2, 0.25) is 5.91 Å². The van der Waals surface area contributed by atoms with E-state index in [-0.39, 0.29) is 18.1 Å². The molecule has 0 aliphatic heterocycles. The van der Waals surface area contributed by atoms with E-state index in [2.05, 4.69) is 20.9 Å². The van der Waals surface area contributed by atoms with Crippen molar-refractivity contribution in [1.29, 1.82) is 0 Å². The Labute approximate surface area is 169 Å². The van der Waals surface area contributed by atoms with Crippen LogP contribution in [0.25, 0.3) is 0 Å². The van der Waals surface area contributed by atoms with Crippen LogP contribution in [0.5, 0.6) is 0 Å². The highest BCUT2D eigenvalue weighted by atomic mass is 35.5. The van der Waals surface area contributed by atoms with Crippen LogP contribution in [0.4, 0.5) is 25.7 Å². The van der Waals surface area contributed by atoms with E-state index in [1.165, 1.54) is 35.6 Å². The van der Waals surface area contributed by atoms with Crippen LogP contribution in [0.2, 0.25) is 5.02 Å². The van der Waals surface area contributed by atoms with E-state index in [0.29, 0.717) is 27.2 Å². The molecule has 6 nitrogen and oxygen atoms in total. The van der Waals surface area contributed by atoms with Crippen molar-refractivity contribution in [2.75, 3.05) is 16.0 Å². The van der Waals surface area contributed by atoms with Crippen molar-refractivity contribution in [3.8, 4) is 0 Å². The van der Waals surface area contributed by atoms with Crippen molar-refractivity contribution in [2.24, 2.45) is 0 Å². The van der Waals surface area contributed by atoms with E-state index >= 15 is 0 Å². The number of rotatable bonds is 5. The second kappa shape index (κ2) is 8.81. The number of aromatic nitrogens is 1. The summed E-state index contributed by atoms with van der Waals surface area (Å²) >= 11 is 7.25. The highest BCUT2D eigenvalue weighted by Crippen LogP contribution is 2.21. The van der Waals surface area contributed by atoms with Crippen LogP contribution in [0.15, 0.2) is 47.8 Å². The molecule has 0 aliphatic rings. The fraction of sp³-hybridized carbons (Fsp3) is 0.105. The van der Waals surface area contributed by atoms with Crippen LogP contribution in [0.1, 0.15) is 11.3 Å². The molecule has 3 aromatic rings. The van der Waals surface area contributed by atoms with Crippen molar-refractivity contribution < 1.29 is 14.0 Å². The van der Waals surface area contributed by atoms with Crippen molar-refractivity contribution in [3.05, 3.63) is 69.9 Å². The first-order valence-electron chi connectivity index (χ1n) is 8.23. The molecule has 2 aromatic carbocycles. The molecule has 0 fully saturated rings. The Hall–Kier alpha value is -2.97. The van der Waals surface area contributed by atoms with Gasteiger partial charge in [-0.1, -0.05) is 17.7 Å². The maximum atomic E-state index is 12.9. The predicted molar refractivity (Wildman–Crippen MR) is 110 cm³/mol. The van der Waals surface area contributed by atoms with E-state index in [4.69, 9.17) is 11.6 Å². The van der Waals surface area contributed by atoms with E-state index in [1.807, 2.05) is 13.0 Å². The van der Waals surface area contributed by atoms with Gasteiger partial charge in [0, 0.05) is 21.8 Å². The molecule has 144 valence electrons. The van der Waals surface area contributed by atoms with E-state index in [0.717, 1.165) is 5.56 Å². The van der Waals surface area contributed by atoms with Crippen molar-refractivity contribution >= 4 is 51.4 Å². The fourth-order valence-corrected chi connectivity index (χ4v) is 3.16. The van der Waals surface area contributed by atoms with Gasteiger partial charge in [-0.3, -0.25) is 10.1 Å². The Balaban J connectivity index is 1.53. The lowest BCUT2D eigenvalue weighted by molar-refractivity contribution is -0.115. The monoisotopic (exact) mass is 418 g/mol. The molecular formula is C19H16ClFN4O2S. The molecule has 0 aliphatic carbocycles. The SMILES string of the molecule is Cc1ccc(NC(=O)Cc2csc(NC(=O)Nc3ccc(F)cc3)n2)cc1Cl. The molecule has 0 radical (unpaired) electrons. The van der Waals surface area contributed by atoms with Crippen LogP contribution < -0.4 is 16.0 Å². The molecule has 9 heteroatoms. The largest absolute Gasteiger partial charge is 0.326 e. The number of benzene rings is 2. The first-order chi connectivity index (χ1) is 13.4. The van der Waals surface area contributed by atoms with Crippen LogP contribution in [0, 0.1) is 12.7 Å². The number of carbonyl (C=O) groups is 2. The van der Waals surface area contributed by atoms with Gasteiger partial charge < -0.3 is 10.6 Å². The van der Waals surface area contributed by atoms with Crippen molar-refractivity contribution in [1.82, 2.24) is 4.98 Å². The van der Waals surface area contributed by atoms with Gasteiger partial charge in [0.05, 0.1) is 12.1 Å². The normalized spacial score (nSPS) is 10.4. The Morgan fingerprint density at radius 2 is 1.79 bits per heavy atom. The number of hydrogen-bond acceptors (Lipinski definition) is 4. The van der Waals surface area contributed by atoms with Gasteiger partial charge in [-0.15, -0.1) is 11.3 Å². The molecule has 3 amide bonds. The van der Waals surface area contributed by atoms with Crippen LogP contribution in [0.3, 0.4) is 0 Å². The van der Waals surface area contributed by atoms with Crippen LogP contribution in [-0.2, 0) is 11.2 Å². The second-order valence-electron chi connectivity index (χ2n) is 5.92. The number of aryl methyl sites for hydroxylation is 1. The van der Waals surface area contributed by atoms with E-state index in [9.17, 15) is 14.0 Å². The molecular weight excluding hydrogens is 403 g/mol. The first kappa shape index (κ1) is 19.8. The van der Waals surface area contributed by atoms with Gasteiger partial charge >= 0.3 is 6.03 Å². The summed E-state index contributed by atoms with van der Waals surface area (Å²) in [6.45, 7) is 1.88. The molecule has 3 rings (SSSR count). The van der Waals surface area contributed by atoms with Crippen molar-refractivity contribution in [2.45, 2.75) is 13.3 Å². The standard InChI is InChI=1S/C19H16ClFN4O2S/c1-11-2-5-14(8-16(11)20)22-17(26)9-15-10-28-19(24-15)25-18(27)23-13-6-3-12(21)4-7-13/h2-8,10H,9H2,1H3,(H,22,26)(H2,23,24,25,27). The summed E-state index contributed by atoms with van der Waals surface area (Å²) in [4.78, 5) is 28.3. The summed E-state index contributed by atoms with van der Waals surface area (Å²) in [6, 6.07) is 10.2. The summed E-state index contributed by atoms with van der Waals surface area (Å²) < 4.78 is 12.9. The zero-order valence-electron chi connectivity index (χ0n) is 14.8. The third-order valence-electron chi connectivity index (χ3n) is 3.67. The number of urea groups is 1. The highest BCUT2D eigenvalue weighted by molar-refractivity contribution is 7.14. The van der Waals surface area contributed by atoms with Gasteiger partial charge in [0.15, 0.2) is 5.13 Å². The number of nitrogens with zero attached hydrogens (tertiary/aromatic N) is 1. The molecule has 28 heavy (non-hydrogen) atoms. The van der Waals surface area contributed by atoms with E-state index in [1.54, 1.807) is 17.5 Å².